The number of carboxylic acid groups (broad SMARTS) is 1. The second-order valence-electron chi connectivity index (χ2n) is 8.32. The van der Waals surface area contributed by atoms with E-state index in [4.69, 9.17) is 5.11 Å². The number of hydrogen-bond acceptors (Lipinski definition) is 3. The summed E-state index contributed by atoms with van der Waals surface area (Å²) in [6.07, 6.45) is 12.8. The molecule has 2 saturated carbocycles. The van der Waals surface area contributed by atoms with Crippen molar-refractivity contribution in [2.45, 2.75) is 95.9 Å². The first kappa shape index (κ1) is 21.7. The van der Waals surface area contributed by atoms with Gasteiger partial charge in [-0.15, -0.1) is 0 Å². The number of carbonyl (C=O) groups excluding carboxylic acids is 2. The van der Waals surface area contributed by atoms with E-state index in [-0.39, 0.29) is 30.2 Å². The predicted octanol–water partition coefficient (Wildman–Crippen LogP) is 3.39. The largest absolute Gasteiger partial charge is 0.481 e. The van der Waals surface area contributed by atoms with E-state index in [1.54, 1.807) is 0 Å². The fraction of sp³-hybridized carbons (Fsp3) is 0.857. The number of rotatable bonds is 10. The number of unbranched alkanes of at least 4 members (excludes halogenated alkanes) is 2. The predicted molar refractivity (Wildman–Crippen MR) is 104 cm³/mol. The van der Waals surface area contributed by atoms with Crippen LogP contribution in [0.25, 0.3) is 0 Å². The molecule has 3 N–H and O–H groups in total. The van der Waals surface area contributed by atoms with Crippen molar-refractivity contribution in [3.05, 3.63) is 0 Å². The molecule has 0 aromatic heterocycles. The highest BCUT2D eigenvalue weighted by Crippen LogP contribution is 2.27. The van der Waals surface area contributed by atoms with Gasteiger partial charge >= 0.3 is 5.97 Å². The fourth-order valence-corrected chi connectivity index (χ4v) is 4.37. The number of amides is 2. The van der Waals surface area contributed by atoms with Gasteiger partial charge in [0, 0.05) is 31.3 Å². The van der Waals surface area contributed by atoms with Crippen LogP contribution in [-0.2, 0) is 14.4 Å². The molecule has 0 bridgehead atoms. The van der Waals surface area contributed by atoms with Crippen molar-refractivity contribution in [2.24, 2.45) is 11.8 Å². The number of carbonyl (C=O) groups is 3. The highest BCUT2D eigenvalue weighted by atomic mass is 16.4. The van der Waals surface area contributed by atoms with Crippen molar-refractivity contribution < 1.29 is 19.5 Å². The minimum absolute atomic E-state index is 0.0514. The van der Waals surface area contributed by atoms with Gasteiger partial charge in [-0.1, -0.05) is 25.7 Å². The highest BCUT2D eigenvalue weighted by Gasteiger charge is 2.27. The van der Waals surface area contributed by atoms with Crippen molar-refractivity contribution in [1.29, 1.82) is 0 Å². The Morgan fingerprint density at radius 2 is 1.56 bits per heavy atom. The van der Waals surface area contributed by atoms with Gasteiger partial charge in [0.1, 0.15) is 0 Å². The quantitative estimate of drug-likeness (QED) is 0.506. The molecule has 27 heavy (non-hydrogen) atoms. The molecule has 6 nitrogen and oxygen atoms in total. The summed E-state index contributed by atoms with van der Waals surface area (Å²) in [4.78, 5) is 34.9. The molecule has 154 valence electrons. The maximum atomic E-state index is 12.2. The van der Waals surface area contributed by atoms with E-state index in [1.165, 1.54) is 32.1 Å². The molecule has 6 heteroatoms. The Morgan fingerprint density at radius 3 is 2.22 bits per heavy atom. The smallest absolute Gasteiger partial charge is 0.303 e. The first-order chi connectivity index (χ1) is 13.0. The molecule has 0 saturated heterocycles. The summed E-state index contributed by atoms with van der Waals surface area (Å²) in [5.74, 6) is 0.157. The Balaban J connectivity index is 1.54. The second kappa shape index (κ2) is 12.0. The average molecular weight is 381 g/mol. The van der Waals surface area contributed by atoms with Crippen LogP contribution in [0.15, 0.2) is 0 Å². The molecule has 0 aliphatic heterocycles. The van der Waals surface area contributed by atoms with Crippen LogP contribution in [0, 0.1) is 11.8 Å². The van der Waals surface area contributed by atoms with E-state index in [9.17, 15) is 14.4 Å². The summed E-state index contributed by atoms with van der Waals surface area (Å²) in [5.41, 5.74) is 0. The van der Waals surface area contributed by atoms with Crippen LogP contribution in [0.3, 0.4) is 0 Å². The van der Waals surface area contributed by atoms with Crippen LogP contribution >= 0.6 is 0 Å². The summed E-state index contributed by atoms with van der Waals surface area (Å²) in [5, 5.41) is 14.7. The molecule has 0 radical (unpaired) electrons. The molecule has 2 aliphatic rings. The van der Waals surface area contributed by atoms with Crippen molar-refractivity contribution in [2.75, 3.05) is 6.54 Å². The fourth-order valence-electron chi connectivity index (χ4n) is 4.37. The van der Waals surface area contributed by atoms with Gasteiger partial charge in [-0.25, -0.2) is 0 Å². The van der Waals surface area contributed by atoms with Gasteiger partial charge in [0.25, 0.3) is 0 Å². The monoisotopic (exact) mass is 380 g/mol. The molecule has 0 unspecified atom stereocenters. The summed E-state index contributed by atoms with van der Waals surface area (Å²) in [7, 11) is 0. The normalized spacial score (nSPS) is 23.6. The van der Waals surface area contributed by atoms with E-state index >= 15 is 0 Å². The van der Waals surface area contributed by atoms with E-state index < -0.39 is 5.97 Å². The lowest BCUT2D eigenvalue weighted by atomic mass is 9.84. The summed E-state index contributed by atoms with van der Waals surface area (Å²) in [6, 6.07) is 0.223. The number of aliphatic carboxylic acids is 1. The Kier molecular flexibility index (Phi) is 9.64. The molecule has 2 rings (SSSR count). The number of hydrogen-bond donors (Lipinski definition) is 3. The maximum absolute atomic E-state index is 12.2. The van der Waals surface area contributed by atoms with Crippen LogP contribution in [-0.4, -0.2) is 35.5 Å². The van der Waals surface area contributed by atoms with Gasteiger partial charge in [-0.3, -0.25) is 14.4 Å². The van der Waals surface area contributed by atoms with Crippen molar-refractivity contribution in [3.8, 4) is 0 Å². The summed E-state index contributed by atoms with van der Waals surface area (Å²) in [6.45, 7) is 0.622. The molecule has 0 atom stereocenters. The average Bonchev–Trinajstić information content (AvgIpc) is 2.65. The molecule has 0 heterocycles. The summed E-state index contributed by atoms with van der Waals surface area (Å²) < 4.78 is 0. The second-order valence-corrected chi connectivity index (χ2v) is 8.32. The molecule has 0 aromatic carbocycles. The van der Waals surface area contributed by atoms with Crippen LogP contribution in [0.2, 0.25) is 0 Å². The Labute approximate surface area is 162 Å². The number of nitrogens with one attached hydrogen (secondary N) is 2. The lowest BCUT2D eigenvalue weighted by Crippen LogP contribution is -2.41. The standard InChI is InChI=1S/C21H36N2O4/c24-19(15-16-7-3-1-4-8-16)23-18-12-10-17(11-13-18)21(27)22-14-6-2-5-9-20(25)26/h16-18H,1-15H2,(H,22,27)(H,23,24)(H,25,26). The van der Waals surface area contributed by atoms with Crippen LogP contribution in [0.4, 0.5) is 0 Å². The molecule has 2 aliphatic carbocycles. The van der Waals surface area contributed by atoms with E-state index in [0.29, 0.717) is 25.3 Å². The van der Waals surface area contributed by atoms with Gasteiger partial charge in [0.2, 0.25) is 11.8 Å². The lowest BCUT2D eigenvalue weighted by Gasteiger charge is -2.29. The maximum Gasteiger partial charge on any atom is 0.303 e. The SMILES string of the molecule is O=C(O)CCCCCNC(=O)C1CCC(NC(=O)CC2CCCCC2)CC1. The molecule has 0 aromatic rings. The molecular weight excluding hydrogens is 344 g/mol. The van der Waals surface area contributed by atoms with Crippen LogP contribution in [0.1, 0.15) is 89.9 Å². The Hall–Kier alpha value is -1.59. The van der Waals surface area contributed by atoms with Crippen LogP contribution < -0.4 is 10.6 Å². The third-order valence-electron chi connectivity index (χ3n) is 6.03. The minimum Gasteiger partial charge on any atom is -0.481 e. The van der Waals surface area contributed by atoms with Crippen molar-refractivity contribution in [3.63, 3.8) is 0 Å². The van der Waals surface area contributed by atoms with E-state index in [2.05, 4.69) is 10.6 Å². The summed E-state index contributed by atoms with van der Waals surface area (Å²) >= 11 is 0. The van der Waals surface area contributed by atoms with Gasteiger partial charge in [0.05, 0.1) is 0 Å². The zero-order valence-corrected chi connectivity index (χ0v) is 16.5. The van der Waals surface area contributed by atoms with Gasteiger partial charge < -0.3 is 15.7 Å². The van der Waals surface area contributed by atoms with Gasteiger partial charge in [0.15, 0.2) is 0 Å². The topological polar surface area (TPSA) is 95.5 Å². The number of carboxylic acids is 1. The molecular formula is C21H36N2O4. The van der Waals surface area contributed by atoms with Crippen molar-refractivity contribution >= 4 is 17.8 Å². The van der Waals surface area contributed by atoms with E-state index in [1.807, 2.05) is 0 Å². The minimum atomic E-state index is -0.762. The van der Waals surface area contributed by atoms with Crippen molar-refractivity contribution in [1.82, 2.24) is 10.6 Å². The molecule has 2 fully saturated rings. The van der Waals surface area contributed by atoms with E-state index in [0.717, 1.165) is 38.5 Å². The first-order valence-corrected chi connectivity index (χ1v) is 10.8. The van der Waals surface area contributed by atoms with Gasteiger partial charge in [-0.05, 0) is 57.3 Å². The first-order valence-electron chi connectivity index (χ1n) is 10.8. The third kappa shape index (κ3) is 8.76. The molecule has 2 amide bonds. The Morgan fingerprint density at radius 1 is 0.852 bits per heavy atom. The van der Waals surface area contributed by atoms with Crippen LogP contribution in [0.5, 0.6) is 0 Å². The zero-order chi connectivity index (χ0) is 19.5. The zero-order valence-electron chi connectivity index (χ0n) is 16.5. The third-order valence-corrected chi connectivity index (χ3v) is 6.03. The lowest BCUT2D eigenvalue weighted by molar-refractivity contribution is -0.137. The molecule has 0 spiro atoms. The van der Waals surface area contributed by atoms with Gasteiger partial charge in [-0.2, -0.15) is 0 Å². The highest BCUT2D eigenvalue weighted by molar-refractivity contribution is 5.79. The Bertz CT molecular complexity index is 481.